The molecule has 1 aromatic heterocycles. The minimum atomic E-state index is -0.663. The van der Waals surface area contributed by atoms with E-state index >= 15 is 0 Å². The Morgan fingerprint density at radius 1 is 1.24 bits per heavy atom. The molecule has 1 saturated carbocycles. The van der Waals surface area contributed by atoms with Crippen LogP contribution in [0.4, 0.5) is 0 Å². The van der Waals surface area contributed by atoms with Crippen molar-refractivity contribution >= 4 is 11.8 Å². The van der Waals surface area contributed by atoms with Crippen molar-refractivity contribution in [3.8, 4) is 5.75 Å². The number of hydrogen-bond acceptors (Lipinski definition) is 4. The summed E-state index contributed by atoms with van der Waals surface area (Å²) in [4.78, 5) is 24.7. The molecule has 1 aliphatic heterocycles. The summed E-state index contributed by atoms with van der Waals surface area (Å²) in [6.45, 7) is 3.72. The second-order valence-electron chi connectivity index (χ2n) is 6.84. The van der Waals surface area contributed by atoms with Gasteiger partial charge >= 0.3 is 5.97 Å². The molecule has 0 N–H and O–H groups in total. The van der Waals surface area contributed by atoms with E-state index in [0.29, 0.717) is 23.8 Å². The predicted octanol–water partition coefficient (Wildman–Crippen LogP) is 3.17. The Labute approximate surface area is 146 Å². The lowest BCUT2D eigenvalue weighted by Gasteiger charge is -2.10. The van der Waals surface area contributed by atoms with Crippen LogP contribution in [0.3, 0.4) is 0 Å². The molecule has 0 saturated heterocycles. The first-order valence-electron chi connectivity index (χ1n) is 8.67. The van der Waals surface area contributed by atoms with Crippen LogP contribution in [-0.4, -0.2) is 29.0 Å². The fourth-order valence-electron chi connectivity index (χ4n) is 3.57. The molecule has 5 nitrogen and oxygen atoms in total. The van der Waals surface area contributed by atoms with Gasteiger partial charge in [0.1, 0.15) is 5.75 Å². The molecule has 5 heteroatoms. The number of ketones is 1. The molecule has 4 rings (SSSR count). The second kappa shape index (κ2) is 6.06. The maximum atomic E-state index is 12.5. The standard InChI is InChI=1S/C20H21NO4/c1-12-9-16(13(2)21(12)15-7-8-15)17(22)11-24-20(23)19-10-14-5-3-4-6-18(14)25-19/h3-6,9,15,19H,7-8,10-11H2,1-2H3/t19-/m1/s1. The van der Waals surface area contributed by atoms with E-state index in [1.807, 2.05) is 44.2 Å². The lowest BCUT2D eigenvalue weighted by molar-refractivity contribution is -0.149. The van der Waals surface area contributed by atoms with Crippen LogP contribution in [-0.2, 0) is 16.0 Å². The first kappa shape index (κ1) is 15.9. The van der Waals surface area contributed by atoms with E-state index in [1.165, 1.54) is 12.8 Å². The molecule has 1 atom stereocenters. The van der Waals surface area contributed by atoms with E-state index in [1.54, 1.807) is 0 Å². The minimum Gasteiger partial charge on any atom is -0.478 e. The lowest BCUT2D eigenvalue weighted by atomic mass is 10.1. The SMILES string of the molecule is Cc1cc(C(=O)COC(=O)[C@H]2Cc3ccccc3O2)c(C)n1C1CC1. The summed E-state index contributed by atoms with van der Waals surface area (Å²) in [5, 5.41) is 0. The number of Topliss-reactive ketones (excluding diaryl/α,β-unsaturated/α-hetero) is 1. The molecule has 1 fully saturated rings. The third-order valence-electron chi connectivity index (χ3n) is 4.95. The zero-order chi connectivity index (χ0) is 17.6. The van der Waals surface area contributed by atoms with Gasteiger partial charge in [-0.2, -0.15) is 0 Å². The van der Waals surface area contributed by atoms with Crippen molar-refractivity contribution in [3.05, 3.63) is 52.8 Å². The van der Waals surface area contributed by atoms with Crippen molar-refractivity contribution in [1.82, 2.24) is 4.57 Å². The van der Waals surface area contributed by atoms with E-state index in [4.69, 9.17) is 9.47 Å². The number of aryl methyl sites for hydroxylation is 1. The Balaban J connectivity index is 1.38. The number of carbonyl (C=O) groups excluding carboxylic acids is 2. The second-order valence-corrected chi connectivity index (χ2v) is 6.84. The Morgan fingerprint density at radius 2 is 2.00 bits per heavy atom. The number of carbonyl (C=O) groups is 2. The van der Waals surface area contributed by atoms with Gasteiger partial charge < -0.3 is 14.0 Å². The summed E-state index contributed by atoms with van der Waals surface area (Å²) in [6.07, 6.45) is 2.15. The van der Waals surface area contributed by atoms with Gasteiger partial charge in [-0.25, -0.2) is 4.79 Å². The van der Waals surface area contributed by atoms with Crippen LogP contribution in [0.2, 0.25) is 0 Å². The highest BCUT2D eigenvalue weighted by Crippen LogP contribution is 2.38. The third-order valence-corrected chi connectivity index (χ3v) is 4.95. The van der Waals surface area contributed by atoms with Crippen LogP contribution in [0.1, 0.15) is 46.2 Å². The highest BCUT2D eigenvalue weighted by atomic mass is 16.6. The van der Waals surface area contributed by atoms with Gasteiger partial charge in [-0.05, 0) is 44.4 Å². The number of rotatable bonds is 5. The number of fused-ring (bicyclic) bond motifs is 1. The van der Waals surface area contributed by atoms with E-state index in [2.05, 4.69) is 4.57 Å². The fourth-order valence-corrected chi connectivity index (χ4v) is 3.57. The highest BCUT2D eigenvalue weighted by Gasteiger charge is 2.31. The van der Waals surface area contributed by atoms with Crippen LogP contribution in [0.15, 0.2) is 30.3 Å². The summed E-state index contributed by atoms with van der Waals surface area (Å²) < 4.78 is 13.0. The number of ether oxygens (including phenoxy) is 2. The minimum absolute atomic E-state index is 0.163. The summed E-state index contributed by atoms with van der Waals surface area (Å²) in [6, 6.07) is 9.96. The smallest absolute Gasteiger partial charge is 0.348 e. The van der Waals surface area contributed by atoms with Crippen LogP contribution in [0.5, 0.6) is 5.75 Å². The van der Waals surface area contributed by atoms with Crippen molar-refractivity contribution in [1.29, 1.82) is 0 Å². The molecule has 1 aliphatic carbocycles. The van der Waals surface area contributed by atoms with Gasteiger partial charge in [-0.1, -0.05) is 18.2 Å². The molecule has 25 heavy (non-hydrogen) atoms. The molecular weight excluding hydrogens is 318 g/mol. The summed E-state index contributed by atoms with van der Waals surface area (Å²) in [7, 11) is 0. The zero-order valence-electron chi connectivity index (χ0n) is 14.5. The number of hydrogen-bond donors (Lipinski definition) is 0. The first-order chi connectivity index (χ1) is 12.0. The van der Waals surface area contributed by atoms with Gasteiger partial charge in [0, 0.05) is 29.4 Å². The van der Waals surface area contributed by atoms with Gasteiger partial charge in [-0.3, -0.25) is 4.79 Å². The number of aromatic nitrogens is 1. The van der Waals surface area contributed by atoms with Crippen molar-refractivity contribution in [2.24, 2.45) is 0 Å². The topological polar surface area (TPSA) is 57.5 Å². The molecule has 0 amide bonds. The molecular formula is C20H21NO4. The Morgan fingerprint density at radius 3 is 2.72 bits per heavy atom. The van der Waals surface area contributed by atoms with Crippen molar-refractivity contribution in [2.45, 2.75) is 45.3 Å². The highest BCUT2D eigenvalue weighted by molar-refractivity contribution is 5.99. The Hall–Kier alpha value is -2.56. The zero-order valence-corrected chi connectivity index (χ0v) is 14.5. The summed E-state index contributed by atoms with van der Waals surface area (Å²) >= 11 is 0. The largest absolute Gasteiger partial charge is 0.478 e. The quantitative estimate of drug-likeness (QED) is 0.620. The van der Waals surface area contributed by atoms with Gasteiger partial charge in [0.05, 0.1) is 0 Å². The van der Waals surface area contributed by atoms with Crippen LogP contribution >= 0.6 is 0 Å². The average Bonchev–Trinajstić information content (AvgIpc) is 3.25. The first-order valence-corrected chi connectivity index (χ1v) is 8.67. The molecule has 0 bridgehead atoms. The van der Waals surface area contributed by atoms with E-state index in [9.17, 15) is 9.59 Å². The molecule has 2 aromatic rings. The van der Waals surface area contributed by atoms with Gasteiger partial charge in [0.25, 0.3) is 0 Å². The van der Waals surface area contributed by atoms with Gasteiger partial charge in [0.2, 0.25) is 5.78 Å². The maximum absolute atomic E-state index is 12.5. The van der Waals surface area contributed by atoms with Crippen LogP contribution in [0.25, 0.3) is 0 Å². The van der Waals surface area contributed by atoms with E-state index < -0.39 is 12.1 Å². The molecule has 0 radical (unpaired) electrons. The van der Waals surface area contributed by atoms with Crippen LogP contribution in [0, 0.1) is 13.8 Å². The number of para-hydroxylation sites is 1. The normalized spacial score (nSPS) is 18.6. The Kier molecular flexibility index (Phi) is 3.86. The number of nitrogens with zero attached hydrogens (tertiary/aromatic N) is 1. The van der Waals surface area contributed by atoms with E-state index in [0.717, 1.165) is 17.0 Å². The number of benzene rings is 1. The molecule has 0 unspecified atom stereocenters. The third kappa shape index (κ3) is 2.95. The molecule has 2 heterocycles. The van der Waals surface area contributed by atoms with E-state index in [-0.39, 0.29) is 12.4 Å². The Bertz CT molecular complexity index is 822. The molecule has 130 valence electrons. The predicted molar refractivity (Wildman–Crippen MR) is 92.0 cm³/mol. The van der Waals surface area contributed by atoms with Crippen molar-refractivity contribution in [3.63, 3.8) is 0 Å². The molecule has 1 aromatic carbocycles. The maximum Gasteiger partial charge on any atom is 0.348 e. The van der Waals surface area contributed by atoms with Crippen LogP contribution < -0.4 is 4.74 Å². The average molecular weight is 339 g/mol. The molecule has 2 aliphatic rings. The lowest BCUT2D eigenvalue weighted by Crippen LogP contribution is -2.29. The van der Waals surface area contributed by atoms with Crippen molar-refractivity contribution in [2.75, 3.05) is 6.61 Å². The van der Waals surface area contributed by atoms with Gasteiger partial charge in [0.15, 0.2) is 12.7 Å². The summed E-state index contributed by atoms with van der Waals surface area (Å²) in [5.74, 6) is 0.0631. The number of esters is 1. The van der Waals surface area contributed by atoms with Crippen molar-refractivity contribution < 1.29 is 19.1 Å². The fraction of sp³-hybridized carbons (Fsp3) is 0.400. The molecule has 0 spiro atoms. The van der Waals surface area contributed by atoms with Gasteiger partial charge in [-0.15, -0.1) is 0 Å². The monoisotopic (exact) mass is 339 g/mol. The summed E-state index contributed by atoms with van der Waals surface area (Å²) in [5.41, 5.74) is 3.69.